The minimum Gasteiger partial charge on any atom is -0.466 e. The lowest BCUT2D eigenvalue weighted by Gasteiger charge is -2.34. The van der Waals surface area contributed by atoms with Crippen molar-refractivity contribution in [3.63, 3.8) is 0 Å². The maximum absolute atomic E-state index is 11.8. The van der Waals surface area contributed by atoms with Gasteiger partial charge in [-0.05, 0) is 85.9 Å². The highest BCUT2D eigenvalue weighted by Crippen LogP contribution is 2.41. The molecule has 1 aliphatic carbocycles. The Kier molecular flexibility index (Phi) is 9.63. The highest BCUT2D eigenvalue weighted by atomic mass is 16.5. The van der Waals surface area contributed by atoms with Gasteiger partial charge in [-0.3, -0.25) is 9.78 Å². The molecule has 0 amide bonds. The van der Waals surface area contributed by atoms with Crippen molar-refractivity contribution in [3.8, 4) is 11.3 Å². The lowest BCUT2D eigenvalue weighted by molar-refractivity contribution is -0.142. The number of rotatable bonds is 10. The number of nitrogens with zero attached hydrogens (tertiary/aromatic N) is 1. The van der Waals surface area contributed by atoms with Crippen molar-refractivity contribution < 1.29 is 14.6 Å². The molecule has 4 nitrogen and oxygen atoms in total. The van der Waals surface area contributed by atoms with Gasteiger partial charge in [0.15, 0.2) is 0 Å². The Morgan fingerprint density at radius 3 is 2.20 bits per heavy atom. The molecule has 0 radical (unpaired) electrons. The topological polar surface area (TPSA) is 59.4 Å². The van der Waals surface area contributed by atoms with Gasteiger partial charge in [0.1, 0.15) is 0 Å². The third-order valence-corrected chi connectivity index (χ3v) is 8.86. The number of hydrogen-bond donors (Lipinski definition) is 1. The van der Waals surface area contributed by atoms with E-state index in [0.717, 1.165) is 55.3 Å². The van der Waals surface area contributed by atoms with E-state index in [1.165, 1.54) is 34.2 Å². The van der Waals surface area contributed by atoms with Crippen LogP contribution >= 0.6 is 0 Å². The fourth-order valence-electron chi connectivity index (χ4n) is 6.28. The second-order valence-corrected chi connectivity index (χ2v) is 11.4. The zero-order valence-electron chi connectivity index (χ0n) is 24.9. The highest BCUT2D eigenvalue weighted by Gasteiger charge is 2.31. The summed E-state index contributed by atoms with van der Waals surface area (Å²) in [6.45, 7) is 11.1. The Labute approximate surface area is 240 Å². The van der Waals surface area contributed by atoms with Crippen LogP contribution in [0.1, 0.15) is 99.1 Å². The van der Waals surface area contributed by atoms with E-state index in [9.17, 15) is 9.90 Å². The van der Waals surface area contributed by atoms with Crippen molar-refractivity contribution in [2.75, 3.05) is 6.61 Å². The van der Waals surface area contributed by atoms with Crippen molar-refractivity contribution in [2.24, 2.45) is 0 Å². The molecule has 1 fully saturated rings. The fraction of sp³-hybridized carbons (Fsp3) is 0.444. The Morgan fingerprint density at radius 1 is 0.950 bits per heavy atom. The van der Waals surface area contributed by atoms with Crippen molar-refractivity contribution in [3.05, 3.63) is 94.2 Å². The Morgan fingerprint density at radius 2 is 1.62 bits per heavy atom. The van der Waals surface area contributed by atoms with E-state index in [0.29, 0.717) is 6.61 Å². The van der Waals surface area contributed by atoms with E-state index >= 15 is 0 Å². The molecule has 0 atom stereocenters. The zero-order valence-corrected chi connectivity index (χ0v) is 24.9. The summed E-state index contributed by atoms with van der Waals surface area (Å²) in [5, 5.41) is 10.9. The number of hydrogen-bond acceptors (Lipinski definition) is 4. The average molecular weight is 540 g/mol. The van der Waals surface area contributed by atoms with E-state index in [1.807, 2.05) is 25.1 Å². The largest absolute Gasteiger partial charge is 0.466 e. The molecule has 0 unspecified atom stereocenters. The Balaban J connectivity index is 1.59. The van der Waals surface area contributed by atoms with Crippen LogP contribution in [0.2, 0.25) is 0 Å². The van der Waals surface area contributed by atoms with Gasteiger partial charge in [-0.1, -0.05) is 87.7 Å². The number of esters is 1. The maximum Gasteiger partial charge on any atom is 0.310 e. The molecular formula is C36H45NO3. The molecule has 1 heterocycles. The number of ether oxygens (including phenoxy) is 1. The summed E-state index contributed by atoms with van der Waals surface area (Å²) in [5.74, 6) is -0.228. The molecule has 4 rings (SSSR count). The summed E-state index contributed by atoms with van der Waals surface area (Å²) in [5.41, 5.74) is 8.36. The molecule has 4 heteroatoms. The quantitative estimate of drug-likeness (QED) is 0.263. The molecule has 0 saturated heterocycles. The summed E-state index contributed by atoms with van der Waals surface area (Å²) < 4.78 is 5.06. The van der Waals surface area contributed by atoms with E-state index in [-0.39, 0.29) is 17.8 Å². The molecule has 0 bridgehead atoms. The summed E-state index contributed by atoms with van der Waals surface area (Å²) >= 11 is 0. The zero-order chi connectivity index (χ0) is 28.8. The molecule has 1 aromatic heterocycles. The molecule has 1 aliphatic rings. The predicted molar refractivity (Wildman–Crippen MR) is 164 cm³/mol. The van der Waals surface area contributed by atoms with Crippen LogP contribution < -0.4 is 0 Å². The van der Waals surface area contributed by atoms with E-state index in [1.54, 1.807) is 6.20 Å². The van der Waals surface area contributed by atoms with Crippen molar-refractivity contribution in [1.29, 1.82) is 0 Å². The van der Waals surface area contributed by atoms with E-state index in [2.05, 4.69) is 75.2 Å². The normalized spacial score (nSPS) is 15.3. The monoisotopic (exact) mass is 539 g/mol. The molecule has 0 aliphatic heterocycles. The summed E-state index contributed by atoms with van der Waals surface area (Å²) in [6.07, 6.45) is 13.3. The van der Waals surface area contributed by atoms with Crippen LogP contribution in [-0.4, -0.2) is 28.3 Å². The molecule has 0 spiro atoms. The van der Waals surface area contributed by atoms with Crippen LogP contribution in [0.15, 0.2) is 60.8 Å². The number of carbonyl (C=O) groups is 1. The third kappa shape index (κ3) is 6.55. The fourth-order valence-corrected chi connectivity index (χ4v) is 6.28. The standard InChI is InChI=1S/C36H45NO3/c1-6-36(7-2,30-14-13-29(26(4)22-30)18-21-35(39)19-10-9-11-20-35)31-15-16-32(27(5)23-31)33-17-12-28(25-37-33)24-34(38)40-8-3/h12-18,21-23,25,39H,6-11,19-20,24H2,1-5H3/b21-18+. The number of aromatic nitrogens is 1. The van der Waals surface area contributed by atoms with Gasteiger partial charge in [-0.2, -0.15) is 0 Å². The van der Waals surface area contributed by atoms with Crippen LogP contribution in [0.3, 0.4) is 0 Å². The number of pyridine rings is 1. The number of carbonyl (C=O) groups excluding carboxylic acids is 1. The predicted octanol–water partition coefficient (Wildman–Crippen LogP) is 8.29. The smallest absolute Gasteiger partial charge is 0.310 e. The number of aliphatic hydroxyl groups is 1. The van der Waals surface area contributed by atoms with Crippen LogP contribution in [0.25, 0.3) is 17.3 Å². The van der Waals surface area contributed by atoms with Crippen LogP contribution in [0.5, 0.6) is 0 Å². The first kappa shape index (κ1) is 29.7. The Hall–Kier alpha value is -3.24. The average Bonchev–Trinajstić information content (AvgIpc) is 2.95. The molecule has 3 aromatic rings. The minimum absolute atomic E-state index is 0.0885. The number of benzene rings is 2. The minimum atomic E-state index is -0.657. The third-order valence-electron chi connectivity index (χ3n) is 8.86. The van der Waals surface area contributed by atoms with Gasteiger partial charge in [0.25, 0.3) is 0 Å². The van der Waals surface area contributed by atoms with Crippen LogP contribution in [-0.2, 0) is 21.4 Å². The lowest BCUT2D eigenvalue weighted by Crippen LogP contribution is -2.28. The van der Waals surface area contributed by atoms with E-state index < -0.39 is 5.60 Å². The number of aryl methyl sites for hydroxylation is 2. The van der Waals surface area contributed by atoms with Gasteiger partial charge in [-0.25, -0.2) is 0 Å². The molecule has 1 saturated carbocycles. The van der Waals surface area contributed by atoms with Crippen molar-refractivity contribution >= 4 is 12.0 Å². The molecule has 1 N–H and O–H groups in total. The van der Waals surface area contributed by atoms with Gasteiger partial charge in [0.05, 0.1) is 24.3 Å². The second kappa shape index (κ2) is 13.0. The van der Waals surface area contributed by atoms with Crippen molar-refractivity contribution in [1.82, 2.24) is 4.98 Å². The van der Waals surface area contributed by atoms with Gasteiger partial charge in [-0.15, -0.1) is 0 Å². The van der Waals surface area contributed by atoms with Crippen molar-refractivity contribution in [2.45, 2.75) is 97.0 Å². The molecule has 40 heavy (non-hydrogen) atoms. The maximum atomic E-state index is 11.8. The van der Waals surface area contributed by atoms with Gasteiger partial charge < -0.3 is 9.84 Å². The van der Waals surface area contributed by atoms with Crippen LogP contribution in [0.4, 0.5) is 0 Å². The summed E-state index contributed by atoms with van der Waals surface area (Å²) in [7, 11) is 0. The first-order valence-corrected chi connectivity index (χ1v) is 15.0. The molecule has 212 valence electrons. The van der Waals surface area contributed by atoms with Crippen LogP contribution in [0, 0.1) is 13.8 Å². The first-order valence-electron chi connectivity index (χ1n) is 15.0. The van der Waals surface area contributed by atoms with Gasteiger partial charge >= 0.3 is 5.97 Å². The van der Waals surface area contributed by atoms with Gasteiger partial charge in [0.2, 0.25) is 0 Å². The lowest BCUT2D eigenvalue weighted by atomic mass is 9.69. The molecule has 2 aromatic carbocycles. The summed E-state index contributed by atoms with van der Waals surface area (Å²) in [4.78, 5) is 16.5. The highest BCUT2D eigenvalue weighted by molar-refractivity contribution is 5.73. The van der Waals surface area contributed by atoms with Gasteiger partial charge in [0, 0.05) is 17.2 Å². The van der Waals surface area contributed by atoms with E-state index in [4.69, 9.17) is 4.74 Å². The SMILES string of the molecule is CCOC(=O)Cc1ccc(-c2ccc(C(CC)(CC)c3ccc(/C=C/C4(O)CCCCC4)c(C)c3)cc2C)nc1. The molecular weight excluding hydrogens is 494 g/mol. The first-order chi connectivity index (χ1) is 19.2. The second-order valence-electron chi connectivity index (χ2n) is 11.4. The Bertz CT molecular complexity index is 1330. The summed E-state index contributed by atoms with van der Waals surface area (Å²) in [6, 6.07) is 17.5.